The van der Waals surface area contributed by atoms with Crippen molar-refractivity contribution in [1.29, 1.82) is 0 Å². The molecule has 2 aromatic carbocycles. The molecule has 1 aliphatic rings. The number of pyridine rings is 1. The van der Waals surface area contributed by atoms with Crippen molar-refractivity contribution in [2.24, 2.45) is 5.73 Å². The summed E-state index contributed by atoms with van der Waals surface area (Å²) in [6.45, 7) is 0.0948. The number of carbonyl (C=O) groups excluding carboxylic acids is 1. The van der Waals surface area contributed by atoms with E-state index in [0.717, 1.165) is 18.2 Å². The number of fused-ring (bicyclic) bond motifs is 1. The molecule has 1 amide bonds. The monoisotopic (exact) mass is 579 g/mol. The Morgan fingerprint density at radius 1 is 1.17 bits per heavy atom. The van der Waals surface area contributed by atoms with E-state index in [1.165, 1.54) is 37.4 Å². The first-order valence-electron chi connectivity index (χ1n) is 12.6. The van der Waals surface area contributed by atoms with E-state index in [2.05, 4.69) is 10.3 Å². The lowest BCUT2D eigenvalue weighted by Gasteiger charge is -2.31. The topological polar surface area (TPSA) is 136 Å². The van der Waals surface area contributed by atoms with Gasteiger partial charge in [0.05, 0.1) is 31.5 Å². The molecule has 2 atom stereocenters. The van der Waals surface area contributed by atoms with Crippen molar-refractivity contribution >= 4 is 5.91 Å². The van der Waals surface area contributed by atoms with Crippen LogP contribution in [0.4, 0.5) is 17.6 Å². The van der Waals surface area contributed by atoms with Gasteiger partial charge in [0.2, 0.25) is 5.60 Å². The minimum Gasteiger partial charge on any atom is -0.493 e. The molecule has 9 nitrogen and oxygen atoms in total. The highest BCUT2D eigenvalue weighted by Crippen LogP contribution is 2.47. The molecule has 1 aromatic heterocycles. The van der Waals surface area contributed by atoms with Gasteiger partial charge in [0.15, 0.2) is 17.2 Å². The first-order chi connectivity index (χ1) is 19.4. The number of hydrogen-bond acceptors (Lipinski definition) is 8. The van der Waals surface area contributed by atoms with Crippen LogP contribution in [0.5, 0.6) is 17.2 Å². The SMILES string of the molecule is CC[C@]1(N)COc2c1cc([C@](O)(CNC(=O)c1ccc(OCCO)c(OC)c1)C(F)(F)F)nc2-c1ccc(F)cc1. The summed E-state index contributed by atoms with van der Waals surface area (Å²) in [5.41, 5.74) is 1.13. The number of nitrogens with two attached hydrogens (primary N) is 1. The molecule has 220 valence electrons. The summed E-state index contributed by atoms with van der Waals surface area (Å²) in [6, 6.07) is 9.81. The number of methoxy groups -OCH3 is 1. The summed E-state index contributed by atoms with van der Waals surface area (Å²) in [5.74, 6) is -1.05. The molecule has 4 rings (SSSR count). The number of nitrogens with zero attached hydrogens (tertiary/aromatic N) is 1. The lowest BCUT2D eigenvalue weighted by Crippen LogP contribution is -2.51. The van der Waals surface area contributed by atoms with Gasteiger partial charge in [0, 0.05) is 16.7 Å². The van der Waals surface area contributed by atoms with Crippen molar-refractivity contribution in [3.8, 4) is 28.5 Å². The van der Waals surface area contributed by atoms with Crippen LogP contribution in [0.2, 0.25) is 0 Å². The number of alkyl halides is 3. The summed E-state index contributed by atoms with van der Waals surface area (Å²) in [5, 5.41) is 22.2. The zero-order valence-corrected chi connectivity index (χ0v) is 22.2. The first-order valence-corrected chi connectivity index (χ1v) is 12.6. The van der Waals surface area contributed by atoms with Gasteiger partial charge in [-0.05, 0) is 55.0 Å². The van der Waals surface area contributed by atoms with Crippen LogP contribution in [0.15, 0.2) is 48.5 Å². The molecular formula is C28H29F4N3O6. The van der Waals surface area contributed by atoms with Crippen LogP contribution in [0.3, 0.4) is 0 Å². The van der Waals surface area contributed by atoms with Gasteiger partial charge >= 0.3 is 6.18 Å². The van der Waals surface area contributed by atoms with Crippen LogP contribution >= 0.6 is 0 Å². The fourth-order valence-corrected chi connectivity index (χ4v) is 4.37. The molecule has 0 bridgehead atoms. The molecule has 1 aliphatic heterocycles. The number of amides is 1. The normalized spacial score (nSPS) is 17.8. The van der Waals surface area contributed by atoms with Gasteiger partial charge in [-0.3, -0.25) is 4.79 Å². The Bertz CT molecular complexity index is 1420. The highest BCUT2D eigenvalue weighted by Gasteiger charge is 2.57. The van der Waals surface area contributed by atoms with Crippen LogP contribution < -0.4 is 25.3 Å². The van der Waals surface area contributed by atoms with E-state index >= 15 is 0 Å². The van der Waals surface area contributed by atoms with Crippen LogP contribution in [-0.2, 0) is 11.1 Å². The molecule has 41 heavy (non-hydrogen) atoms. The van der Waals surface area contributed by atoms with E-state index in [0.29, 0.717) is 6.42 Å². The second-order valence-corrected chi connectivity index (χ2v) is 9.52. The number of halogens is 4. The summed E-state index contributed by atoms with van der Waals surface area (Å²) in [7, 11) is 1.31. The number of hydrogen-bond donors (Lipinski definition) is 4. The highest BCUT2D eigenvalue weighted by molar-refractivity contribution is 5.95. The third-order valence-corrected chi connectivity index (χ3v) is 6.90. The maximum absolute atomic E-state index is 14.5. The molecular weight excluding hydrogens is 550 g/mol. The Labute approximate surface area is 232 Å². The average Bonchev–Trinajstić information content (AvgIpc) is 3.30. The smallest absolute Gasteiger partial charge is 0.424 e. The third kappa shape index (κ3) is 5.78. The van der Waals surface area contributed by atoms with Crippen LogP contribution in [0.25, 0.3) is 11.3 Å². The predicted molar refractivity (Wildman–Crippen MR) is 139 cm³/mol. The minimum absolute atomic E-state index is 0.0403. The number of aliphatic hydroxyl groups is 2. The summed E-state index contributed by atoms with van der Waals surface area (Å²) in [4.78, 5) is 17.0. The fourth-order valence-electron chi connectivity index (χ4n) is 4.37. The van der Waals surface area contributed by atoms with Crippen LogP contribution in [-0.4, -0.2) is 60.8 Å². The van der Waals surface area contributed by atoms with E-state index in [-0.39, 0.29) is 59.5 Å². The standard InChI is InChI=1S/C28H29F4N3O6/c1-3-26(33)15-41-24-19(26)13-22(35-23(24)16-4-7-18(29)8-5-16)27(38,28(30,31)32)14-34-25(37)17-6-9-20(40-11-10-36)21(12-17)39-2/h4-9,12-13,36,38H,3,10-11,14-15,33H2,1-2H3,(H,34,37)/t26-,27+/m0/s1. The number of benzene rings is 2. The van der Waals surface area contributed by atoms with Gasteiger partial charge in [-0.15, -0.1) is 0 Å². The number of rotatable bonds is 10. The lowest BCUT2D eigenvalue weighted by atomic mass is 9.86. The molecule has 0 fully saturated rings. The maximum Gasteiger partial charge on any atom is 0.424 e. The molecule has 13 heteroatoms. The zero-order valence-electron chi connectivity index (χ0n) is 22.2. The molecule has 0 saturated carbocycles. The fraction of sp³-hybridized carbons (Fsp3) is 0.357. The Hall–Kier alpha value is -3.94. The predicted octanol–water partition coefficient (Wildman–Crippen LogP) is 3.40. The minimum atomic E-state index is -5.29. The van der Waals surface area contributed by atoms with E-state index in [1.54, 1.807) is 6.92 Å². The van der Waals surface area contributed by atoms with E-state index in [1.807, 2.05) is 0 Å². The van der Waals surface area contributed by atoms with Gasteiger partial charge in [-0.2, -0.15) is 13.2 Å². The number of carbonyl (C=O) groups is 1. The maximum atomic E-state index is 14.5. The molecule has 3 aromatic rings. The summed E-state index contributed by atoms with van der Waals surface area (Å²) < 4.78 is 73.4. The number of ether oxygens (including phenoxy) is 3. The van der Waals surface area contributed by atoms with Gasteiger partial charge in [-0.1, -0.05) is 6.92 Å². The molecule has 2 heterocycles. The second-order valence-electron chi connectivity index (χ2n) is 9.52. The largest absolute Gasteiger partial charge is 0.493 e. The average molecular weight is 580 g/mol. The molecule has 0 aliphatic carbocycles. The zero-order chi connectivity index (χ0) is 30.0. The van der Waals surface area contributed by atoms with E-state index in [4.69, 9.17) is 25.1 Å². The first kappa shape index (κ1) is 30.0. The Kier molecular flexibility index (Phi) is 8.43. The van der Waals surface area contributed by atoms with Crippen molar-refractivity contribution in [3.63, 3.8) is 0 Å². The van der Waals surface area contributed by atoms with Crippen molar-refractivity contribution in [1.82, 2.24) is 10.3 Å². The molecule has 0 unspecified atom stereocenters. The highest BCUT2D eigenvalue weighted by atomic mass is 19.4. The van der Waals surface area contributed by atoms with E-state index < -0.39 is 41.3 Å². The Balaban J connectivity index is 1.73. The Morgan fingerprint density at radius 3 is 2.49 bits per heavy atom. The lowest BCUT2D eigenvalue weighted by molar-refractivity contribution is -0.265. The van der Waals surface area contributed by atoms with E-state index in [9.17, 15) is 27.5 Å². The summed E-state index contributed by atoms with van der Waals surface area (Å²) in [6.07, 6.45) is -4.99. The summed E-state index contributed by atoms with van der Waals surface area (Å²) >= 11 is 0. The number of aromatic nitrogens is 1. The van der Waals surface area contributed by atoms with Gasteiger partial charge in [0.1, 0.15) is 24.7 Å². The molecule has 0 radical (unpaired) electrons. The van der Waals surface area contributed by atoms with Crippen molar-refractivity contribution in [2.75, 3.05) is 33.5 Å². The van der Waals surface area contributed by atoms with Crippen LogP contribution in [0.1, 0.15) is 35.0 Å². The van der Waals surface area contributed by atoms with Crippen molar-refractivity contribution in [2.45, 2.75) is 30.7 Å². The van der Waals surface area contributed by atoms with Crippen molar-refractivity contribution in [3.05, 3.63) is 71.2 Å². The number of nitrogens with one attached hydrogen (secondary N) is 1. The Morgan fingerprint density at radius 2 is 1.88 bits per heavy atom. The van der Waals surface area contributed by atoms with Gasteiger partial charge in [-0.25, -0.2) is 9.37 Å². The molecule has 5 N–H and O–H groups in total. The number of aliphatic hydroxyl groups excluding tert-OH is 1. The second kappa shape index (κ2) is 11.5. The molecule has 0 saturated heterocycles. The third-order valence-electron chi connectivity index (χ3n) is 6.90. The van der Waals surface area contributed by atoms with Gasteiger partial charge in [0.25, 0.3) is 5.91 Å². The van der Waals surface area contributed by atoms with Gasteiger partial charge < -0.3 is 35.5 Å². The molecule has 0 spiro atoms. The van der Waals surface area contributed by atoms with Crippen LogP contribution in [0, 0.1) is 5.82 Å². The quantitative estimate of drug-likeness (QED) is 0.269. The van der Waals surface area contributed by atoms with Crippen molar-refractivity contribution < 1.29 is 46.8 Å².